The molecule has 0 saturated heterocycles. The maximum absolute atomic E-state index is 4.91. The number of hydrogen-bond donors (Lipinski definition) is 0. The van der Waals surface area contributed by atoms with Crippen molar-refractivity contribution in [1.82, 2.24) is 14.5 Å². The number of thioether (sulfide) groups is 1. The summed E-state index contributed by atoms with van der Waals surface area (Å²) in [4.78, 5) is 9.26. The third kappa shape index (κ3) is 3.83. The predicted molar refractivity (Wildman–Crippen MR) is 118 cm³/mol. The quantitative estimate of drug-likeness (QED) is 0.393. The molecule has 0 fully saturated rings. The van der Waals surface area contributed by atoms with Crippen molar-refractivity contribution in [2.24, 2.45) is 0 Å². The lowest BCUT2D eigenvalue weighted by molar-refractivity contribution is 0.726. The Morgan fingerprint density at radius 3 is 2.29 bits per heavy atom. The summed E-state index contributed by atoms with van der Waals surface area (Å²) < 4.78 is 2.31. The van der Waals surface area contributed by atoms with Crippen molar-refractivity contribution >= 4 is 22.8 Å². The highest BCUT2D eigenvalue weighted by molar-refractivity contribution is 7.98. The van der Waals surface area contributed by atoms with Gasteiger partial charge in [-0.15, -0.1) is 0 Å². The van der Waals surface area contributed by atoms with Crippen LogP contribution in [0.15, 0.2) is 60.0 Å². The minimum Gasteiger partial charge on any atom is -0.313 e. The molecule has 0 N–H and O–H groups in total. The Balaban J connectivity index is 1.71. The van der Waals surface area contributed by atoms with Crippen molar-refractivity contribution < 1.29 is 0 Å². The van der Waals surface area contributed by atoms with Crippen molar-refractivity contribution in [3.63, 3.8) is 0 Å². The van der Waals surface area contributed by atoms with Crippen molar-refractivity contribution in [1.29, 1.82) is 0 Å². The molecule has 142 valence electrons. The first kappa shape index (κ1) is 18.8. The zero-order valence-electron chi connectivity index (χ0n) is 16.9. The molecule has 0 atom stereocenters. The lowest BCUT2D eigenvalue weighted by Crippen LogP contribution is -2.04. The van der Waals surface area contributed by atoms with Gasteiger partial charge in [-0.05, 0) is 56.0 Å². The molecule has 28 heavy (non-hydrogen) atoms. The highest BCUT2D eigenvalue weighted by Gasteiger charge is 2.14. The summed E-state index contributed by atoms with van der Waals surface area (Å²) in [5.74, 6) is 0.914. The van der Waals surface area contributed by atoms with E-state index in [0.717, 1.165) is 28.5 Å². The van der Waals surface area contributed by atoms with Gasteiger partial charge >= 0.3 is 0 Å². The van der Waals surface area contributed by atoms with E-state index in [-0.39, 0.29) is 0 Å². The number of aromatic nitrogens is 3. The van der Waals surface area contributed by atoms with Crippen LogP contribution in [0.1, 0.15) is 33.4 Å². The van der Waals surface area contributed by atoms with E-state index >= 15 is 0 Å². The van der Waals surface area contributed by atoms with E-state index in [1.165, 1.54) is 33.4 Å². The van der Waals surface area contributed by atoms with Gasteiger partial charge in [0, 0.05) is 11.9 Å². The van der Waals surface area contributed by atoms with Gasteiger partial charge in [0.05, 0.1) is 23.8 Å². The lowest BCUT2D eigenvalue weighted by Gasteiger charge is -2.13. The van der Waals surface area contributed by atoms with E-state index in [1.54, 1.807) is 11.8 Å². The first-order valence-corrected chi connectivity index (χ1v) is 10.5. The molecule has 0 bridgehead atoms. The van der Waals surface area contributed by atoms with Gasteiger partial charge in [-0.3, -0.25) is 4.98 Å². The molecule has 2 aromatic carbocycles. The van der Waals surface area contributed by atoms with Gasteiger partial charge in [-0.2, -0.15) is 0 Å². The summed E-state index contributed by atoms with van der Waals surface area (Å²) in [6.45, 7) is 9.46. The van der Waals surface area contributed by atoms with Crippen LogP contribution in [0.3, 0.4) is 0 Å². The van der Waals surface area contributed by atoms with Crippen LogP contribution in [0, 0.1) is 27.7 Å². The molecule has 0 radical (unpaired) electrons. The Morgan fingerprint density at radius 2 is 1.54 bits per heavy atom. The fourth-order valence-electron chi connectivity index (χ4n) is 3.45. The lowest BCUT2D eigenvalue weighted by atomic mass is 10.1. The molecule has 2 heterocycles. The molecule has 4 aromatic rings. The summed E-state index contributed by atoms with van der Waals surface area (Å²) in [5, 5.41) is 1.05. The Kier molecular flexibility index (Phi) is 5.23. The number of imidazole rings is 1. The maximum atomic E-state index is 4.91. The zero-order chi connectivity index (χ0) is 19.7. The van der Waals surface area contributed by atoms with Gasteiger partial charge in [0.2, 0.25) is 0 Å². The fourth-order valence-corrected chi connectivity index (χ4v) is 4.53. The molecule has 4 rings (SSSR count). The molecule has 0 aliphatic rings. The molecule has 2 aromatic heterocycles. The number of aryl methyl sites for hydroxylation is 4. The van der Waals surface area contributed by atoms with Crippen LogP contribution < -0.4 is 0 Å². The van der Waals surface area contributed by atoms with E-state index in [4.69, 9.17) is 4.98 Å². The summed E-state index contributed by atoms with van der Waals surface area (Å²) in [5.41, 5.74) is 10.0. The first-order chi connectivity index (χ1) is 13.5. The monoisotopic (exact) mass is 387 g/mol. The Bertz CT molecular complexity index is 1140. The topological polar surface area (TPSA) is 30.7 Å². The number of pyridine rings is 1. The molecular formula is C24H25N3S. The highest BCUT2D eigenvalue weighted by Crippen LogP contribution is 2.29. The van der Waals surface area contributed by atoms with Crippen LogP contribution in [-0.2, 0) is 12.3 Å². The summed E-state index contributed by atoms with van der Waals surface area (Å²) in [6, 6.07) is 15.3. The van der Waals surface area contributed by atoms with Crippen LogP contribution in [-0.4, -0.2) is 14.5 Å². The smallest absolute Gasteiger partial charge is 0.169 e. The first-order valence-electron chi connectivity index (χ1n) is 9.56. The van der Waals surface area contributed by atoms with Gasteiger partial charge in [-0.1, -0.05) is 59.3 Å². The Morgan fingerprint density at radius 1 is 0.857 bits per heavy atom. The summed E-state index contributed by atoms with van der Waals surface area (Å²) >= 11 is 1.80. The third-order valence-corrected chi connectivity index (χ3v) is 6.24. The van der Waals surface area contributed by atoms with E-state index < -0.39 is 0 Å². The SMILES string of the molecule is Cc1ccc(C)c(CSc2nc3ccncc3n2Cc2cc(C)ccc2C)c1. The van der Waals surface area contributed by atoms with Crippen molar-refractivity contribution in [3.05, 3.63) is 88.2 Å². The number of rotatable bonds is 5. The Hall–Kier alpha value is -2.59. The molecule has 0 unspecified atom stereocenters. The standard InChI is InChI=1S/C24H25N3S/c1-16-5-7-18(3)20(11-16)14-27-23-13-25-10-9-22(23)26-24(27)28-15-21-12-17(2)6-8-19(21)4/h5-13H,14-15H2,1-4H3. The van der Waals surface area contributed by atoms with Crippen LogP contribution in [0.5, 0.6) is 0 Å². The average molecular weight is 388 g/mol. The second-order valence-electron chi connectivity index (χ2n) is 7.49. The van der Waals surface area contributed by atoms with Gasteiger partial charge in [-0.25, -0.2) is 4.98 Å². The molecule has 4 heteroatoms. The Labute approximate surface area is 170 Å². The molecule has 0 saturated carbocycles. The number of hydrogen-bond acceptors (Lipinski definition) is 3. The second-order valence-corrected chi connectivity index (χ2v) is 8.44. The second kappa shape index (κ2) is 7.80. The van der Waals surface area contributed by atoms with Crippen LogP contribution in [0.4, 0.5) is 0 Å². The van der Waals surface area contributed by atoms with Gasteiger partial charge in [0.25, 0.3) is 0 Å². The minimum absolute atomic E-state index is 0.810. The van der Waals surface area contributed by atoms with E-state index in [1.807, 2.05) is 18.5 Å². The van der Waals surface area contributed by atoms with E-state index in [9.17, 15) is 0 Å². The number of fused-ring (bicyclic) bond motifs is 1. The normalized spacial score (nSPS) is 11.3. The summed E-state index contributed by atoms with van der Waals surface area (Å²) in [7, 11) is 0. The number of benzene rings is 2. The van der Waals surface area contributed by atoms with E-state index in [2.05, 4.69) is 73.6 Å². The predicted octanol–water partition coefficient (Wildman–Crippen LogP) is 6.01. The van der Waals surface area contributed by atoms with Crippen molar-refractivity contribution in [2.75, 3.05) is 0 Å². The van der Waals surface area contributed by atoms with Crippen LogP contribution >= 0.6 is 11.8 Å². The molecule has 0 amide bonds. The van der Waals surface area contributed by atoms with Crippen molar-refractivity contribution in [2.45, 2.75) is 45.1 Å². The summed E-state index contributed by atoms with van der Waals surface area (Å²) in [6.07, 6.45) is 3.74. The number of nitrogens with zero attached hydrogens (tertiary/aromatic N) is 3. The van der Waals surface area contributed by atoms with Gasteiger partial charge < -0.3 is 4.57 Å². The van der Waals surface area contributed by atoms with Gasteiger partial charge in [0.1, 0.15) is 0 Å². The average Bonchev–Trinajstić information content (AvgIpc) is 3.03. The van der Waals surface area contributed by atoms with Crippen molar-refractivity contribution in [3.8, 4) is 0 Å². The zero-order valence-corrected chi connectivity index (χ0v) is 17.7. The van der Waals surface area contributed by atoms with Crippen LogP contribution in [0.2, 0.25) is 0 Å². The molecule has 3 nitrogen and oxygen atoms in total. The largest absolute Gasteiger partial charge is 0.313 e. The highest BCUT2D eigenvalue weighted by atomic mass is 32.2. The van der Waals surface area contributed by atoms with Gasteiger partial charge in [0.15, 0.2) is 5.16 Å². The molecule has 0 spiro atoms. The maximum Gasteiger partial charge on any atom is 0.169 e. The minimum atomic E-state index is 0.810. The van der Waals surface area contributed by atoms with E-state index in [0.29, 0.717) is 0 Å². The molecular weight excluding hydrogens is 362 g/mol. The fraction of sp³-hybridized carbons (Fsp3) is 0.250. The third-order valence-electron chi connectivity index (χ3n) is 5.21. The molecule has 0 aliphatic carbocycles. The molecule has 0 aliphatic heterocycles. The van der Waals surface area contributed by atoms with Crippen LogP contribution in [0.25, 0.3) is 11.0 Å².